The summed E-state index contributed by atoms with van der Waals surface area (Å²) in [5, 5.41) is 0.206. The van der Waals surface area contributed by atoms with Crippen LogP contribution in [-0.2, 0) is 26.5 Å². The fourth-order valence-electron chi connectivity index (χ4n) is 2.44. The maximum Gasteiger partial charge on any atom is 0.240 e. The molecule has 2 aromatic rings. The van der Waals surface area contributed by atoms with Crippen LogP contribution >= 0.6 is 11.6 Å². The summed E-state index contributed by atoms with van der Waals surface area (Å²) in [6.45, 7) is 3.64. The van der Waals surface area contributed by atoms with Crippen molar-refractivity contribution in [3.8, 4) is 5.75 Å². The van der Waals surface area contributed by atoms with Crippen molar-refractivity contribution in [3.63, 3.8) is 0 Å². The first-order valence-corrected chi connectivity index (χ1v) is 11.8. The number of nitrogens with one attached hydrogen (secondary N) is 2. The van der Waals surface area contributed by atoms with Gasteiger partial charge in [-0.1, -0.05) is 23.7 Å². The minimum absolute atomic E-state index is 0.0412. The van der Waals surface area contributed by atoms with Crippen LogP contribution < -0.4 is 14.2 Å². The highest BCUT2D eigenvalue weighted by molar-refractivity contribution is 7.89. The summed E-state index contributed by atoms with van der Waals surface area (Å²) in [5.74, 6) is 0.391. The van der Waals surface area contributed by atoms with Crippen LogP contribution in [0.25, 0.3) is 0 Å². The number of hydrogen-bond acceptors (Lipinski definition) is 5. The molecule has 0 bridgehead atoms. The third kappa shape index (κ3) is 5.92. The Kier molecular flexibility index (Phi) is 7.46. The van der Waals surface area contributed by atoms with Crippen LogP contribution in [-0.4, -0.2) is 36.5 Å². The van der Waals surface area contributed by atoms with Crippen LogP contribution in [0.2, 0.25) is 5.02 Å². The summed E-state index contributed by atoms with van der Waals surface area (Å²) < 4.78 is 59.0. The normalized spacial score (nSPS) is 12.3. The molecule has 0 atom stereocenters. The van der Waals surface area contributed by atoms with Crippen molar-refractivity contribution in [3.05, 3.63) is 53.1 Å². The highest BCUT2D eigenvalue weighted by atomic mass is 35.5. The molecule has 0 aliphatic heterocycles. The van der Waals surface area contributed by atoms with Gasteiger partial charge in [-0.05, 0) is 56.2 Å². The smallest absolute Gasteiger partial charge is 0.240 e. The van der Waals surface area contributed by atoms with E-state index in [1.807, 2.05) is 0 Å². The Morgan fingerprint density at radius 3 is 2.11 bits per heavy atom. The molecule has 2 aromatic carbocycles. The fraction of sp³-hybridized carbons (Fsp3) is 0.333. The predicted molar refractivity (Wildman–Crippen MR) is 109 cm³/mol. The van der Waals surface area contributed by atoms with Crippen LogP contribution in [0.3, 0.4) is 0 Å². The molecular formula is C18H23ClN2O5S2. The molecule has 0 saturated heterocycles. The zero-order valence-corrected chi connectivity index (χ0v) is 18.2. The van der Waals surface area contributed by atoms with Gasteiger partial charge in [0, 0.05) is 12.6 Å². The topological polar surface area (TPSA) is 102 Å². The van der Waals surface area contributed by atoms with E-state index in [1.54, 1.807) is 26.0 Å². The van der Waals surface area contributed by atoms with Gasteiger partial charge in [0.05, 0.1) is 21.9 Å². The van der Waals surface area contributed by atoms with Crippen molar-refractivity contribution in [2.45, 2.75) is 36.1 Å². The maximum atomic E-state index is 12.4. The minimum Gasteiger partial charge on any atom is -0.495 e. The largest absolute Gasteiger partial charge is 0.495 e. The van der Waals surface area contributed by atoms with E-state index in [-0.39, 0.29) is 27.4 Å². The van der Waals surface area contributed by atoms with E-state index < -0.39 is 20.0 Å². The molecule has 0 saturated carbocycles. The van der Waals surface area contributed by atoms with E-state index in [1.165, 1.54) is 37.4 Å². The standard InChI is InChI=1S/C18H23ClN2O5S2/c1-13(2)21-28(24,25)15-6-4-14(5-7-15)10-11-20-27(22,23)16-8-9-18(26-3)17(19)12-16/h4-9,12-13,20-21H,10-11H2,1-3H3. The SMILES string of the molecule is COc1ccc(S(=O)(=O)NCCc2ccc(S(=O)(=O)NC(C)C)cc2)cc1Cl. The molecular weight excluding hydrogens is 424 g/mol. The van der Waals surface area contributed by atoms with Gasteiger partial charge in [0.2, 0.25) is 20.0 Å². The van der Waals surface area contributed by atoms with E-state index >= 15 is 0 Å². The van der Waals surface area contributed by atoms with Gasteiger partial charge >= 0.3 is 0 Å². The lowest BCUT2D eigenvalue weighted by molar-refractivity contribution is 0.414. The van der Waals surface area contributed by atoms with E-state index in [9.17, 15) is 16.8 Å². The first-order chi connectivity index (χ1) is 13.0. The van der Waals surface area contributed by atoms with E-state index in [4.69, 9.17) is 16.3 Å². The summed E-state index contributed by atoms with van der Waals surface area (Å²) >= 11 is 5.98. The van der Waals surface area contributed by atoms with Gasteiger partial charge in [-0.15, -0.1) is 0 Å². The molecule has 0 aliphatic rings. The minimum atomic E-state index is -3.72. The Balaban J connectivity index is 2.00. The fourth-order valence-corrected chi connectivity index (χ4v) is 5.07. The average Bonchev–Trinajstić information content (AvgIpc) is 2.61. The van der Waals surface area contributed by atoms with Crippen LogP contribution in [0.5, 0.6) is 5.75 Å². The van der Waals surface area contributed by atoms with E-state index in [2.05, 4.69) is 9.44 Å². The van der Waals surface area contributed by atoms with Crippen molar-refractivity contribution < 1.29 is 21.6 Å². The molecule has 7 nitrogen and oxygen atoms in total. The summed E-state index contributed by atoms with van der Waals surface area (Å²) in [6.07, 6.45) is 0.404. The first kappa shape index (κ1) is 22.6. The van der Waals surface area contributed by atoms with Gasteiger partial charge in [-0.3, -0.25) is 0 Å². The van der Waals surface area contributed by atoms with Crippen LogP contribution in [0.15, 0.2) is 52.3 Å². The Hall–Kier alpha value is -1.65. The molecule has 0 radical (unpaired) electrons. The van der Waals surface area contributed by atoms with Crippen molar-refractivity contribution in [1.82, 2.24) is 9.44 Å². The highest BCUT2D eigenvalue weighted by Gasteiger charge is 2.17. The Morgan fingerprint density at radius 2 is 1.57 bits per heavy atom. The third-order valence-corrected chi connectivity index (χ3v) is 7.19. The molecule has 28 heavy (non-hydrogen) atoms. The number of hydrogen-bond donors (Lipinski definition) is 2. The van der Waals surface area contributed by atoms with Gasteiger partial charge in [0.1, 0.15) is 5.75 Å². The monoisotopic (exact) mass is 446 g/mol. The third-order valence-electron chi connectivity index (χ3n) is 3.76. The molecule has 0 spiro atoms. The predicted octanol–water partition coefficient (Wildman–Crippen LogP) is 2.56. The molecule has 154 valence electrons. The van der Waals surface area contributed by atoms with E-state index in [0.29, 0.717) is 12.2 Å². The lowest BCUT2D eigenvalue weighted by atomic mass is 10.2. The van der Waals surface area contributed by atoms with Crippen molar-refractivity contribution in [1.29, 1.82) is 0 Å². The Morgan fingerprint density at radius 1 is 0.964 bits per heavy atom. The molecule has 10 heteroatoms. The molecule has 0 fully saturated rings. The molecule has 2 rings (SSSR count). The number of ether oxygens (including phenoxy) is 1. The van der Waals surface area contributed by atoms with Gasteiger partial charge in [-0.25, -0.2) is 26.3 Å². The summed E-state index contributed by atoms with van der Waals surface area (Å²) in [6, 6.07) is 10.3. The lowest BCUT2D eigenvalue weighted by Crippen LogP contribution is -2.30. The first-order valence-electron chi connectivity index (χ1n) is 8.49. The Labute approximate surface area is 171 Å². The molecule has 0 aliphatic carbocycles. The Bertz CT molecular complexity index is 1020. The zero-order valence-electron chi connectivity index (χ0n) is 15.8. The van der Waals surface area contributed by atoms with E-state index in [0.717, 1.165) is 5.56 Å². The molecule has 0 heterocycles. The number of halogens is 1. The molecule has 0 amide bonds. The van der Waals surface area contributed by atoms with Crippen LogP contribution in [0.4, 0.5) is 0 Å². The summed E-state index contributed by atoms with van der Waals surface area (Å²) in [5.41, 5.74) is 0.805. The van der Waals surface area contributed by atoms with Gasteiger partial charge in [-0.2, -0.15) is 0 Å². The average molecular weight is 447 g/mol. The second-order valence-electron chi connectivity index (χ2n) is 6.36. The molecule has 0 unspecified atom stereocenters. The second kappa shape index (κ2) is 9.23. The van der Waals surface area contributed by atoms with Gasteiger partial charge in [0.25, 0.3) is 0 Å². The summed E-state index contributed by atoms with van der Waals surface area (Å²) in [4.78, 5) is 0.206. The second-order valence-corrected chi connectivity index (χ2v) is 10.3. The van der Waals surface area contributed by atoms with Crippen molar-refractivity contribution >= 4 is 31.6 Å². The van der Waals surface area contributed by atoms with Crippen molar-refractivity contribution in [2.75, 3.05) is 13.7 Å². The quantitative estimate of drug-likeness (QED) is 0.616. The highest BCUT2D eigenvalue weighted by Crippen LogP contribution is 2.26. The number of sulfonamides is 2. The molecule has 2 N–H and O–H groups in total. The van der Waals surface area contributed by atoms with Gasteiger partial charge < -0.3 is 4.74 Å². The molecule has 0 aromatic heterocycles. The number of methoxy groups -OCH3 is 1. The van der Waals surface area contributed by atoms with Crippen molar-refractivity contribution in [2.24, 2.45) is 0 Å². The lowest BCUT2D eigenvalue weighted by Gasteiger charge is -2.11. The number of rotatable bonds is 9. The van der Waals surface area contributed by atoms with Gasteiger partial charge in [0.15, 0.2) is 0 Å². The van der Waals surface area contributed by atoms with Crippen LogP contribution in [0, 0.1) is 0 Å². The zero-order chi connectivity index (χ0) is 20.9. The summed E-state index contributed by atoms with van der Waals surface area (Å²) in [7, 11) is -5.82. The number of benzene rings is 2. The maximum absolute atomic E-state index is 12.4. The van der Waals surface area contributed by atoms with Crippen LogP contribution in [0.1, 0.15) is 19.4 Å².